The molecule has 2 aliphatic heterocycles. The molecule has 1 aromatic heterocycles. The molecule has 2 saturated heterocycles. The van der Waals surface area contributed by atoms with Gasteiger partial charge in [-0.2, -0.15) is 0 Å². The molecule has 1 aromatic carbocycles. The van der Waals surface area contributed by atoms with Crippen LogP contribution >= 0.6 is 0 Å². The Balaban J connectivity index is 1.71. The van der Waals surface area contributed by atoms with Gasteiger partial charge in [0.25, 0.3) is 5.91 Å². The van der Waals surface area contributed by atoms with E-state index in [4.69, 9.17) is 0 Å². The second-order valence-corrected chi connectivity index (χ2v) is 7.64. The Morgan fingerprint density at radius 1 is 1.31 bits per heavy atom. The van der Waals surface area contributed by atoms with Crippen molar-refractivity contribution < 1.29 is 9.18 Å². The fourth-order valence-corrected chi connectivity index (χ4v) is 4.61. The highest BCUT2D eigenvalue weighted by Gasteiger charge is 2.50. The summed E-state index contributed by atoms with van der Waals surface area (Å²) >= 11 is 0. The third-order valence-electron chi connectivity index (χ3n) is 5.90. The van der Waals surface area contributed by atoms with E-state index in [-0.39, 0.29) is 23.1 Å². The first-order valence-electron chi connectivity index (χ1n) is 9.25. The van der Waals surface area contributed by atoms with Crippen molar-refractivity contribution in [3.8, 4) is 0 Å². The van der Waals surface area contributed by atoms with E-state index < -0.39 is 5.82 Å². The zero-order valence-electron chi connectivity index (χ0n) is 15.2. The quantitative estimate of drug-likeness (QED) is 0.883. The van der Waals surface area contributed by atoms with Crippen molar-refractivity contribution in [3.63, 3.8) is 0 Å². The van der Waals surface area contributed by atoms with Gasteiger partial charge in [0, 0.05) is 23.5 Å². The normalized spacial score (nSPS) is 25.3. The minimum absolute atomic E-state index is 0.132. The predicted molar refractivity (Wildman–Crippen MR) is 98.4 cm³/mol. The summed E-state index contributed by atoms with van der Waals surface area (Å²) in [6.07, 6.45) is 6.04. The van der Waals surface area contributed by atoms with Crippen LogP contribution in [0.15, 0.2) is 36.5 Å². The van der Waals surface area contributed by atoms with Gasteiger partial charge in [-0.15, -0.1) is 0 Å². The van der Waals surface area contributed by atoms with Crippen LogP contribution in [0.4, 0.5) is 4.39 Å². The SMILES string of the molecule is Cc1cc(C(NC(=O)c2c(C)cccc2F)C23CCC(CC2)N3)ccn1. The highest BCUT2D eigenvalue weighted by atomic mass is 19.1. The van der Waals surface area contributed by atoms with Crippen molar-refractivity contribution in [2.24, 2.45) is 0 Å². The Labute approximate surface area is 153 Å². The maximum atomic E-state index is 14.3. The summed E-state index contributed by atoms with van der Waals surface area (Å²) in [4.78, 5) is 17.3. The molecule has 4 nitrogen and oxygen atoms in total. The van der Waals surface area contributed by atoms with Gasteiger partial charge in [0.1, 0.15) is 5.82 Å². The number of hydrogen-bond acceptors (Lipinski definition) is 3. The van der Waals surface area contributed by atoms with Gasteiger partial charge in [0.2, 0.25) is 0 Å². The Morgan fingerprint density at radius 2 is 2.08 bits per heavy atom. The van der Waals surface area contributed by atoms with Crippen molar-refractivity contribution in [2.45, 2.75) is 57.2 Å². The van der Waals surface area contributed by atoms with Crippen molar-refractivity contribution in [2.75, 3.05) is 0 Å². The molecular weight excluding hydrogens is 329 g/mol. The highest BCUT2D eigenvalue weighted by molar-refractivity contribution is 5.96. The maximum Gasteiger partial charge on any atom is 0.255 e. The first kappa shape index (κ1) is 17.2. The summed E-state index contributed by atoms with van der Waals surface area (Å²) < 4.78 is 14.3. The summed E-state index contributed by atoms with van der Waals surface area (Å²) in [5.74, 6) is -0.833. The van der Waals surface area contributed by atoms with Gasteiger partial charge in [-0.25, -0.2) is 4.39 Å². The fourth-order valence-electron chi connectivity index (χ4n) is 4.61. The Hall–Kier alpha value is -2.27. The van der Waals surface area contributed by atoms with E-state index >= 15 is 0 Å². The predicted octanol–water partition coefficient (Wildman–Crippen LogP) is 3.59. The molecule has 0 radical (unpaired) electrons. The van der Waals surface area contributed by atoms with E-state index in [1.54, 1.807) is 25.3 Å². The van der Waals surface area contributed by atoms with Crippen molar-refractivity contribution in [1.29, 1.82) is 0 Å². The summed E-state index contributed by atoms with van der Waals surface area (Å²) in [6, 6.07) is 9.02. The van der Waals surface area contributed by atoms with Crippen LogP contribution in [0.3, 0.4) is 0 Å². The van der Waals surface area contributed by atoms with Gasteiger partial charge in [-0.3, -0.25) is 9.78 Å². The van der Waals surface area contributed by atoms with Crippen LogP contribution in [0.25, 0.3) is 0 Å². The number of nitrogens with zero attached hydrogens (tertiary/aromatic N) is 1. The molecule has 0 spiro atoms. The smallest absolute Gasteiger partial charge is 0.255 e. The van der Waals surface area contributed by atoms with Gasteiger partial charge in [-0.1, -0.05) is 12.1 Å². The summed E-state index contributed by atoms with van der Waals surface area (Å²) in [5, 5.41) is 6.87. The van der Waals surface area contributed by atoms with Gasteiger partial charge >= 0.3 is 0 Å². The molecule has 0 aliphatic carbocycles. The number of pyridine rings is 1. The molecule has 1 atom stereocenters. The van der Waals surface area contributed by atoms with Gasteiger partial charge < -0.3 is 10.6 Å². The van der Waals surface area contributed by atoms with Crippen LogP contribution in [-0.2, 0) is 0 Å². The lowest BCUT2D eigenvalue weighted by Crippen LogP contribution is -2.50. The Kier molecular flexibility index (Phi) is 4.27. The number of fused-ring (bicyclic) bond motifs is 2. The maximum absolute atomic E-state index is 14.3. The molecule has 2 N–H and O–H groups in total. The Bertz CT molecular complexity index is 823. The minimum atomic E-state index is -0.478. The molecule has 4 rings (SSSR count). The fraction of sp³-hybridized carbons (Fsp3) is 0.429. The summed E-state index contributed by atoms with van der Waals surface area (Å²) in [7, 11) is 0. The molecule has 0 saturated carbocycles. The number of amides is 1. The average molecular weight is 353 g/mol. The largest absolute Gasteiger partial charge is 0.343 e. The molecule has 1 amide bonds. The molecular formula is C21H24FN3O. The zero-order valence-corrected chi connectivity index (χ0v) is 15.2. The number of rotatable bonds is 4. The van der Waals surface area contributed by atoms with Crippen LogP contribution in [0.5, 0.6) is 0 Å². The average Bonchev–Trinajstić information content (AvgIpc) is 3.21. The van der Waals surface area contributed by atoms with Gasteiger partial charge in [-0.05, 0) is 68.9 Å². The van der Waals surface area contributed by atoms with E-state index in [0.717, 1.165) is 36.9 Å². The minimum Gasteiger partial charge on any atom is -0.343 e. The molecule has 2 fully saturated rings. The molecule has 1 unspecified atom stereocenters. The first-order chi connectivity index (χ1) is 12.5. The summed E-state index contributed by atoms with van der Waals surface area (Å²) in [5.41, 5.74) is 2.55. The standard InChI is InChI=1S/C21H24FN3O/c1-13-4-3-5-17(22)18(13)20(26)24-19(15-8-11-23-14(2)12-15)21-9-6-16(25-21)7-10-21/h3-5,8,11-12,16,19,25H,6-7,9-10H2,1-2H3,(H,24,26). The lowest BCUT2D eigenvalue weighted by Gasteiger charge is -2.37. The van der Waals surface area contributed by atoms with E-state index in [1.165, 1.54) is 6.07 Å². The third kappa shape index (κ3) is 2.90. The van der Waals surface area contributed by atoms with Crippen LogP contribution in [0.2, 0.25) is 0 Å². The highest BCUT2D eigenvalue weighted by Crippen LogP contribution is 2.45. The van der Waals surface area contributed by atoms with Crippen molar-refractivity contribution in [3.05, 3.63) is 64.7 Å². The molecule has 3 heterocycles. The topological polar surface area (TPSA) is 54.0 Å². The van der Waals surface area contributed by atoms with Crippen LogP contribution in [0, 0.1) is 19.7 Å². The number of carbonyl (C=O) groups is 1. The Morgan fingerprint density at radius 3 is 2.69 bits per heavy atom. The van der Waals surface area contributed by atoms with E-state index in [2.05, 4.69) is 15.6 Å². The summed E-state index contributed by atoms with van der Waals surface area (Å²) in [6.45, 7) is 3.71. The number of benzene rings is 1. The molecule has 5 heteroatoms. The number of aromatic nitrogens is 1. The number of nitrogens with one attached hydrogen (secondary N) is 2. The first-order valence-corrected chi connectivity index (χ1v) is 9.25. The molecule has 2 bridgehead atoms. The monoisotopic (exact) mass is 353 g/mol. The van der Waals surface area contributed by atoms with Crippen molar-refractivity contribution in [1.82, 2.24) is 15.6 Å². The molecule has 2 aromatic rings. The van der Waals surface area contributed by atoms with E-state index in [9.17, 15) is 9.18 Å². The number of aryl methyl sites for hydroxylation is 2. The van der Waals surface area contributed by atoms with E-state index in [0.29, 0.717) is 11.6 Å². The number of hydrogen-bond donors (Lipinski definition) is 2. The number of carbonyl (C=O) groups excluding carboxylic acids is 1. The lowest BCUT2D eigenvalue weighted by molar-refractivity contribution is 0.0902. The molecule has 26 heavy (non-hydrogen) atoms. The van der Waals surface area contributed by atoms with Crippen LogP contribution in [-0.4, -0.2) is 22.5 Å². The van der Waals surface area contributed by atoms with Gasteiger partial charge in [0.15, 0.2) is 0 Å². The number of halogens is 1. The van der Waals surface area contributed by atoms with Gasteiger partial charge in [0.05, 0.1) is 11.6 Å². The third-order valence-corrected chi connectivity index (χ3v) is 5.90. The molecule has 136 valence electrons. The van der Waals surface area contributed by atoms with Crippen molar-refractivity contribution >= 4 is 5.91 Å². The second-order valence-electron chi connectivity index (χ2n) is 7.64. The van der Waals surface area contributed by atoms with Crippen LogP contribution < -0.4 is 10.6 Å². The lowest BCUT2D eigenvalue weighted by atomic mass is 9.78. The van der Waals surface area contributed by atoms with E-state index in [1.807, 2.05) is 19.1 Å². The van der Waals surface area contributed by atoms with Crippen LogP contribution in [0.1, 0.15) is 58.9 Å². The zero-order chi connectivity index (χ0) is 18.3. The second kappa shape index (κ2) is 6.47. The molecule has 2 aliphatic rings.